The normalized spacial score (nSPS) is 12.8. The van der Waals surface area contributed by atoms with Gasteiger partial charge in [0.2, 0.25) is 5.91 Å². The first kappa shape index (κ1) is 18.6. The smallest absolute Gasteiger partial charge is 0.238 e. The summed E-state index contributed by atoms with van der Waals surface area (Å²) in [6.07, 6.45) is 0.769. The van der Waals surface area contributed by atoms with Crippen molar-refractivity contribution >= 4 is 17.4 Å². The first-order valence-corrected chi connectivity index (χ1v) is 9.16. The van der Waals surface area contributed by atoms with Crippen molar-refractivity contribution < 1.29 is 9.59 Å². The highest BCUT2D eigenvalue weighted by Crippen LogP contribution is 2.33. The van der Waals surface area contributed by atoms with Gasteiger partial charge in [0.15, 0.2) is 5.78 Å². The second kappa shape index (κ2) is 8.45. The minimum atomic E-state index is -1.17. The Hall–Kier alpha value is -3.20. The van der Waals surface area contributed by atoms with E-state index in [-0.39, 0.29) is 11.7 Å². The van der Waals surface area contributed by atoms with Gasteiger partial charge in [0.25, 0.3) is 0 Å². The zero-order valence-electron chi connectivity index (χ0n) is 15.4. The van der Waals surface area contributed by atoms with Crippen LogP contribution in [0.15, 0.2) is 91.0 Å². The predicted octanol–water partition coefficient (Wildman–Crippen LogP) is 5.15. The fourth-order valence-electron chi connectivity index (χ4n) is 3.29. The van der Waals surface area contributed by atoms with Crippen LogP contribution in [0.25, 0.3) is 0 Å². The highest BCUT2D eigenvalue weighted by atomic mass is 16.2. The van der Waals surface area contributed by atoms with Crippen molar-refractivity contribution in [1.82, 2.24) is 0 Å². The molecule has 1 unspecified atom stereocenters. The molecule has 0 aliphatic carbocycles. The number of para-hydroxylation sites is 1. The molecule has 0 aromatic heterocycles. The first-order valence-electron chi connectivity index (χ1n) is 9.16. The van der Waals surface area contributed by atoms with Crippen molar-refractivity contribution in [2.75, 3.05) is 5.32 Å². The molecule has 0 heterocycles. The monoisotopic (exact) mass is 357 g/mol. The van der Waals surface area contributed by atoms with Crippen molar-refractivity contribution in [1.29, 1.82) is 0 Å². The largest absolute Gasteiger partial charge is 0.325 e. The number of hydrogen-bond acceptors (Lipinski definition) is 2. The number of amides is 1. The lowest BCUT2D eigenvalue weighted by Gasteiger charge is -2.30. The Bertz CT molecular complexity index is 891. The fourth-order valence-corrected chi connectivity index (χ4v) is 3.29. The van der Waals surface area contributed by atoms with Gasteiger partial charge in [-0.2, -0.15) is 0 Å². The molecule has 0 aliphatic rings. The molecule has 3 heteroatoms. The van der Waals surface area contributed by atoms with E-state index < -0.39 is 5.41 Å². The zero-order valence-corrected chi connectivity index (χ0v) is 15.4. The highest BCUT2D eigenvalue weighted by Gasteiger charge is 2.44. The fraction of sp³-hybridized carbons (Fsp3) is 0.167. The lowest BCUT2D eigenvalue weighted by Crippen LogP contribution is -2.44. The molecular formula is C24H23NO2. The Labute approximate surface area is 160 Å². The Balaban J connectivity index is 2.01. The quantitative estimate of drug-likeness (QED) is 0.470. The van der Waals surface area contributed by atoms with Crippen LogP contribution in [0, 0.1) is 5.41 Å². The Morgan fingerprint density at radius 2 is 1.30 bits per heavy atom. The maximum atomic E-state index is 13.5. The highest BCUT2D eigenvalue weighted by molar-refractivity contribution is 6.17. The number of anilines is 1. The standard InChI is InChI=1S/C24H23NO2/c1-2-24(18-19-12-6-3-7-13-19,22(26)20-14-8-4-9-15-20)23(27)25-21-16-10-5-11-17-21/h3-17H,2,18H2,1H3,(H,25,27). The Kier molecular flexibility index (Phi) is 5.82. The molecular weight excluding hydrogens is 334 g/mol. The third-order valence-corrected chi connectivity index (χ3v) is 4.89. The molecule has 0 saturated carbocycles. The molecule has 0 saturated heterocycles. The van der Waals surface area contributed by atoms with E-state index in [2.05, 4.69) is 5.32 Å². The molecule has 136 valence electrons. The van der Waals surface area contributed by atoms with Gasteiger partial charge < -0.3 is 5.32 Å². The third kappa shape index (κ3) is 4.14. The molecule has 1 N–H and O–H groups in total. The molecule has 3 aromatic carbocycles. The van der Waals surface area contributed by atoms with Gasteiger partial charge in [0, 0.05) is 11.3 Å². The van der Waals surface area contributed by atoms with E-state index in [9.17, 15) is 9.59 Å². The lowest BCUT2D eigenvalue weighted by molar-refractivity contribution is -0.123. The lowest BCUT2D eigenvalue weighted by atomic mass is 9.72. The van der Waals surface area contributed by atoms with Gasteiger partial charge in [-0.25, -0.2) is 0 Å². The van der Waals surface area contributed by atoms with Gasteiger partial charge in [-0.3, -0.25) is 9.59 Å². The first-order chi connectivity index (χ1) is 13.2. The van der Waals surface area contributed by atoms with E-state index >= 15 is 0 Å². The van der Waals surface area contributed by atoms with E-state index in [4.69, 9.17) is 0 Å². The number of Topliss-reactive ketones (excluding diaryl/α,β-unsaturated/α-hetero) is 1. The van der Waals surface area contributed by atoms with E-state index in [1.807, 2.05) is 85.8 Å². The van der Waals surface area contributed by atoms with E-state index in [1.54, 1.807) is 12.1 Å². The number of rotatable bonds is 7. The number of ketones is 1. The van der Waals surface area contributed by atoms with Crippen LogP contribution in [-0.2, 0) is 11.2 Å². The average molecular weight is 357 g/mol. The number of nitrogens with one attached hydrogen (secondary N) is 1. The summed E-state index contributed by atoms with van der Waals surface area (Å²) in [5.41, 5.74) is 1.04. The maximum Gasteiger partial charge on any atom is 0.238 e. The zero-order chi connectivity index (χ0) is 19.1. The van der Waals surface area contributed by atoms with Gasteiger partial charge >= 0.3 is 0 Å². The second-order valence-electron chi connectivity index (χ2n) is 6.61. The summed E-state index contributed by atoms with van der Waals surface area (Å²) in [6, 6.07) is 28.0. The summed E-state index contributed by atoms with van der Waals surface area (Å²) in [5.74, 6) is -0.420. The topological polar surface area (TPSA) is 46.2 Å². The Morgan fingerprint density at radius 1 is 0.778 bits per heavy atom. The van der Waals surface area contributed by atoms with Crippen LogP contribution >= 0.6 is 0 Å². The molecule has 1 amide bonds. The van der Waals surface area contributed by atoms with Gasteiger partial charge in [-0.1, -0.05) is 85.8 Å². The summed E-state index contributed by atoms with van der Waals surface area (Å²) >= 11 is 0. The van der Waals surface area contributed by atoms with Gasteiger partial charge in [0.05, 0.1) is 0 Å². The van der Waals surface area contributed by atoms with Crippen LogP contribution in [0.1, 0.15) is 29.3 Å². The van der Waals surface area contributed by atoms with E-state index in [1.165, 1.54) is 0 Å². The molecule has 0 bridgehead atoms. The summed E-state index contributed by atoms with van der Waals surface area (Å²) in [6.45, 7) is 1.90. The van der Waals surface area contributed by atoms with Crippen LogP contribution in [-0.4, -0.2) is 11.7 Å². The van der Waals surface area contributed by atoms with Crippen molar-refractivity contribution in [3.05, 3.63) is 102 Å². The average Bonchev–Trinajstić information content (AvgIpc) is 2.73. The minimum absolute atomic E-state index is 0.150. The summed E-state index contributed by atoms with van der Waals surface area (Å²) in [7, 11) is 0. The molecule has 1 atom stereocenters. The van der Waals surface area contributed by atoms with Gasteiger partial charge in [0.1, 0.15) is 5.41 Å². The van der Waals surface area contributed by atoms with E-state index in [0.29, 0.717) is 24.1 Å². The molecule has 3 nitrogen and oxygen atoms in total. The summed E-state index contributed by atoms with van der Waals surface area (Å²) < 4.78 is 0. The molecule has 0 fully saturated rings. The number of benzene rings is 3. The molecule has 0 spiro atoms. The third-order valence-electron chi connectivity index (χ3n) is 4.89. The summed E-state index contributed by atoms with van der Waals surface area (Å²) in [4.78, 5) is 26.8. The Morgan fingerprint density at radius 3 is 1.85 bits per heavy atom. The van der Waals surface area contributed by atoms with Gasteiger partial charge in [-0.05, 0) is 30.5 Å². The van der Waals surface area contributed by atoms with Crippen molar-refractivity contribution in [3.8, 4) is 0 Å². The molecule has 3 rings (SSSR count). The van der Waals surface area contributed by atoms with E-state index in [0.717, 1.165) is 5.56 Å². The predicted molar refractivity (Wildman–Crippen MR) is 109 cm³/mol. The minimum Gasteiger partial charge on any atom is -0.325 e. The van der Waals surface area contributed by atoms with Crippen LogP contribution in [0.4, 0.5) is 5.69 Å². The summed E-state index contributed by atoms with van der Waals surface area (Å²) in [5, 5.41) is 2.94. The van der Waals surface area contributed by atoms with Crippen molar-refractivity contribution in [2.45, 2.75) is 19.8 Å². The van der Waals surface area contributed by atoms with Crippen LogP contribution in [0.3, 0.4) is 0 Å². The molecule has 3 aromatic rings. The number of carbonyl (C=O) groups excluding carboxylic acids is 2. The van der Waals surface area contributed by atoms with Gasteiger partial charge in [-0.15, -0.1) is 0 Å². The van der Waals surface area contributed by atoms with Crippen LogP contribution in [0.2, 0.25) is 0 Å². The number of hydrogen-bond donors (Lipinski definition) is 1. The number of carbonyl (C=O) groups is 2. The van der Waals surface area contributed by atoms with Crippen LogP contribution < -0.4 is 5.32 Å². The van der Waals surface area contributed by atoms with Crippen molar-refractivity contribution in [2.24, 2.45) is 5.41 Å². The molecule has 0 aliphatic heterocycles. The van der Waals surface area contributed by atoms with Crippen LogP contribution in [0.5, 0.6) is 0 Å². The maximum absolute atomic E-state index is 13.5. The SMILES string of the molecule is CCC(Cc1ccccc1)(C(=O)Nc1ccccc1)C(=O)c1ccccc1. The van der Waals surface area contributed by atoms with Crippen molar-refractivity contribution in [3.63, 3.8) is 0 Å². The second-order valence-corrected chi connectivity index (χ2v) is 6.61. The molecule has 27 heavy (non-hydrogen) atoms. The molecule has 0 radical (unpaired) electrons.